The SMILES string of the molecule is COc1ccc2nc(C#C[Si](C)(C)C)c(C=O)cc2c1. The van der Waals surface area contributed by atoms with Gasteiger partial charge in [-0.15, -0.1) is 5.54 Å². The van der Waals surface area contributed by atoms with Crippen LogP contribution in [0.5, 0.6) is 5.75 Å². The van der Waals surface area contributed by atoms with Crippen LogP contribution in [0, 0.1) is 11.5 Å². The van der Waals surface area contributed by atoms with Crippen LogP contribution in [0.15, 0.2) is 24.3 Å². The molecule has 0 aliphatic heterocycles. The molecule has 0 N–H and O–H groups in total. The first-order valence-corrected chi connectivity index (χ1v) is 9.90. The minimum atomic E-state index is -1.49. The van der Waals surface area contributed by atoms with E-state index in [2.05, 4.69) is 36.1 Å². The van der Waals surface area contributed by atoms with Crippen LogP contribution in [-0.4, -0.2) is 26.5 Å². The van der Waals surface area contributed by atoms with E-state index in [1.54, 1.807) is 7.11 Å². The monoisotopic (exact) mass is 283 g/mol. The van der Waals surface area contributed by atoms with Crippen LogP contribution in [0.25, 0.3) is 10.9 Å². The van der Waals surface area contributed by atoms with E-state index < -0.39 is 8.07 Å². The summed E-state index contributed by atoms with van der Waals surface area (Å²) in [5, 5.41) is 0.880. The van der Waals surface area contributed by atoms with E-state index in [-0.39, 0.29) is 0 Å². The molecule has 0 aliphatic carbocycles. The summed E-state index contributed by atoms with van der Waals surface area (Å²) in [5.41, 5.74) is 5.14. The summed E-state index contributed by atoms with van der Waals surface area (Å²) in [6.45, 7) is 6.48. The third kappa shape index (κ3) is 3.25. The maximum absolute atomic E-state index is 11.2. The van der Waals surface area contributed by atoms with Gasteiger partial charge in [-0.1, -0.05) is 25.6 Å². The van der Waals surface area contributed by atoms with E-state index in [1.165, 1.54) is 0 Å². The Morgan fingerprint density at radius 2 is 2.00 bits per heavy atom. The Morgan fingerprint density at radius 1 is 1.25 bits per heavy atom. The van der Waals surface area contributed by atoms with Crippen molar-refractivity contribution in [1.82, 2.24) is 4.98 Å². The number of carbonyl (C=O) groups is 1. The fourth-order valence-electron chi connectivity index (χ4n) is 1.73. The number of nitrogens with zero attached hydrogens (tertiary/aromatic N) is 1. The van der Waals surface area contributed by atoms with Crippen LogP contribution < -0.4 is 4.74 Å². The average molecular weight is 283 g/mol. The number of ether oxygens (including phenoxy) is 1. The van der Waals surface area contributed by atoms with Crippen molar-refractivity contribution in [3.8, 4) is 17.2 Å². The summed E-state index contributed by atoms with van der Waals surface area (Å²) in [5.74, 6) is 3.81. The highest BCUT2D eigenvalue weighted by Gasteiger charge is 2.09. The number of carbonyl (C=O) groups excluding carboxylic acids is 1. The number of pyridine rings is 1. The van der Waals surface area contributed by atoms with Gasteiger partial charge < -0.3 is 4.74 Å². The van der Waals surface area contributed by atoms with E-state index in [1.807, 2.05) is 24.3 Å². The highest BCUT2D eigenvalue weighted by atomic mass is 28.3. The van der Waals surface area contributed by atoms with Gasteiger partial charge in [0.1, 0.15) is 19.5 Å². The summed E-state index contributed by atoms with van der Waals surface area (Å²) in [4.78, 5) is 15.7. The van der Waals surface area contributed by atoms with Crippen molar-refractivity contribution in [2.75, 3.05) is 7.11 Å². The molecule has 20 heavy (non-hydrogen) atoms. The van der Waals surface area contributed by atoms with Crippen LogP contribution in [0.2, 0.25) is 19.6 Å². The molecule has 1 aromatic carbocycles. The van der Waals surface area contributed by atoms with Gasteiger partial charge in [0.15, 0.2) is 6.29 Å². The standard InChI is InChI=1S/C16H17NO2Si/c1-19-14-5-6-15-12(10-14)9-13(11-18)16(17-15)7-8-20(2,3)4/h5-6,9-11H,1-4H3. The van der Waals surface area contributed by atoms with Gasteiger partial charge >= 0.3 is 0 Å². The third-order valence-electron chi connectivity index (χ3n) is 2.73. The van der Waals surface area contributed by atoms with Crippen molar-refractivity contribution in [3.63, 3.8) is 0 Å². The number of aldehydes is 1. The molecule has 1 heterocycles. The number of hydrogen-bond donors (Lipinski definition) is 0. The number of fused-ring (bicyclic) bond motifs is 1. The fourth-order valence-corrected chi connectivity index (χ4v) is 2.23. The Kier molecular flexibility index (Phi) is 3.91. The number of benzene rings is 1. The first kappa shape index (κ1) is 14.3. The van der Waals surface area contributed by atoms with Gasteiger partial charge in [-0.2, -0.15) is 0 Å². The zero-order valence-corrected chi connectivity index (χ0v) is 13.2. The summed E-state index contributed by atoms with van der Waals surface area (Å²) in [6.07, 6.45) is 0.806. The topological polar surface area (TPSA) is 39.2 Å². The highest BCUT2D eigenvalue weighted by Crippen LogP contribution is 2.21. The van der Waals surface area contributed by atoms with E-state index in [4.69, 9.17) is 4.74 Å². The average Bonchev–Trinajstić information content (AvgIpc) is 2.42. The molecule has 2 aromatic rings. The second-order valence-electron chi connectivity index (χ2n) is 5.60. The van der Waals surface area contributed by atoms with E-state index >= 15 is 0 Å². The highest BCUT2D eigenvalue weighted by molar-refractivity contribution is 6.83. The van der Waals surface area contributed by atoms with Crippen LogP contribution in [0.1, 0.15) is 16.1 Å². The molecule has 0 spiro atoms. The minimum Gasteiger partial charge on any atom is -0.497 e. The molecule has 0 saturated carbocycles. The molecule has 102 valence electrons. The Hall–Kier alpha value is -2.12. The first-order chi connectivity index (χ1) is 9.43. The maximum atomic E-state index is 11.2. The molecule has 0 atom stereocenters. The quantitative estimate of drug-likeness (QED) is 0.482. The summed E-state index contributed by atoms with van der Waals surface area (Å²) >= 11 is 0. The van der Waals surface area contributed by atoms with E-state index in [0.717, 1.165) is 22.9 Å². The number of hydrogen-bond acceptors (Lipinski definition) is 3. The second kappa shape index (κ2) is 5.47. The predicted octanol–water partition coefficient (Wildman–Crippen LogP) is 3.28. The van der Waals surface area contributed by atoms with Crippen molar-refractivity contribution >= 4 is 25.3 Å². The summed E-state index contributed by atoms with van der Waals surface area (Å²) < 4.78 is 5.18. The number of rotatable bonds is 2. The predicted molar refractivity (Wildman–Crippen MR) is 83.9 cm³/mol. The number of aromatic nitrogens is 1. The smallest absolute Gasteiger partial charge is 0.152 e. The molecule has 2 rings (SSSR count). The van der Waals surface area contributed by atoms with Crippen molar-refractivity contribution in [2.24, 2.45) is 0 Å². The minimum absolute atomic E-state index is 0.525. The first-order valence-electron chi connectivity index (χ1n) is 6.40. The van der Waals surface area contributed by atoms with Crippen LogP contribution in [0.3, 0.4) is 0 Å². The molecule has 0 aliphatic rings. The molecule has 0 fully saturated rings. The molecule has 0 saturated heterocycles. The van der Waals surface area contributed by atoms with E-state index in [0.29, 0.717) is 11.3 Å². The van der Waals surface area contributed by atoms with Gasteiger partial charge in [0.2, 0.25) is 0 Å². The van der Waals surface area contributed by atoms with Crippen molar-refractivity contribution in [1.29, 1.82) is 0 Å². The zero-order chi connectivity index (χ0) is 14.8. The Morgan fingerprint density at radius 3 is 2.60 bits per heavy atom. The molecule has 0 bridgehead atoms. The third-order valence-corrected chi connectivity index (χ3v) is 3.61. The van der Waals surface area contributed by atoms with Gasteiger partial charge in [-0.25, -0.2) is 4.98 Å². The van der Waals surface area contributed by atoms with Gasteiger partial charge in [0.25, 0.3) is 0 Å². The summed E-state index contributed by atoms with van der Waals surface area (Å²) in [7, 11) is 0.119. The van der Waals surface area contributed by atoms with Crippen molar-refractivity contribution < 1.29 is 9.53 Å². The largest absolute Gasteiger partial charge is 0.497 e. The lowest BCUT2D eigenvalue weighted by molar-refractivity contribution is 0.112. The molecule has 1 aromatic heterocycles. The van der Waals surface area contributed by atoms with Crippen LogP contribution >= 0.6 is 0 Å². The lowest BCUT2D eigenvalue weighted by Gasteiger charge is -2.06. The van der Waals surface area contributed by atoms with Gasteiger partial charge in [0, 0.05) is 10.9 Å². The summed E-state index contributed by atoms with van der Waals surface area (Å²) in [6, 6.07) is 7.41. The number of methoxy groups -OCH3 is 1. The molecule has 0 amide bonds. The van der Waals surface area contributed by atoms with Gasteiger partial charge in [-0.05, 0) is 24.3 Å². The lowest BCUT2D eigenvalue weighted by atomic mass is 10.1. The molecule has 0 radical (unpaired) electrons. The molecule has 3 nitrogen and oxygen atoms in total. The van der Waals surface area contributed by atoms with Crippen molar-refractivity contribution in [2.45, 2.75) is 19.6 Å². The Bertz CT molecular complexity index is 721. The van der Waals surface area contributed by atoms with Gasteiger partial charge in [-0.3, -0.25) is 4.79 Å². The van der Waals surface area contributed by atoms with Crippen LogP contribution in [0.4, 0.5) is 0 Å². The normalized spacial score (nSPS) is 10.8. The van der Waals surface area contributed by atoms with Crippen molar-refractivity contribution in [3.05, 3.63) is 35.5 Å². The molecular formula is C16H17NO2Si. The Balaban J connectivity index is 2.60. The van der Waals surface area contributed by atoms with E-state index in [9.17, 15) is 4.79 Å². The van der Waals surface area contributed by atoms with Crippen LogP contribution in [-0.2, 0) is 0 Å². The Labute approximate surface area is 120 Å². The maximum Gasteiger partial charge on any atom is 0.152 e. The lowest BCUT2D eigenvalue weighted by Crippen LogP contribution is -2.16. The molecule has 0 unspecified atom stereocenters. The molecule has 4 heteroatoms. The zero-order valence-electron chi connectivity index (χ0n) is 12.2. The fraction of sp³-hybridized carbons (Fsp3) is 0.250. The van der Waals surface area contributed by atoms with Gasteiger partial charge in [0.05, 0.1) is 12.6 Å². The second-order valence-corrected chi connectivity index (χ2v) is 10.4. The molecular weight excluding hydrogens is 266 g/mol.